The third-order valence-electron chi connectivity index (χ3n) is 1.90. The van der Waals surface area contributed by atoms with Crippen LogP contribution in [0.15, 0.2) is 12.1 Å². The van der Waals surface area contributed by atoms with Gasteiger partial charge in [-0.15, -0.1) is 11.3 Å². The molecule has 0 aliphatic carbocycles. The average molecular weight is 184 g/mol. The fourth-order valence-electron chi connectivity index (χ4n) is 1.19. The van der Waals surface area contributed by atoms with Gasteiger partial charge in [0.15, 0.2) is 0 Å². The Morgan fingerprint density at radius 2 is 2.00 bits per heavy atom. The standard InChI is InChI=1S/C10H16OS/c1-2-3-4-5-9-6-7-10(8-11)12-9/h6-7,11H,2-5,8H2,1H3. The van der Waals surface area contributed by atoms with Crippen LogP contribution in [0.1, 0.15) is 35.9 Å². The number of aryl methyl sites for hydroxylation is 1. The van der Waals surface area contributed by atoms with Crippen molar-refractivity contribution in [1.29, 1.82) is 0 Å². The monoisotopic (exact) mass is 184 g/mol. The molecule has 0 saturated carbocycles. The first-order chi connectivity index (χ1) is 5.86. The number of aliphatic hydroxyl groups excluding tert-OH is 1. The van der Waals surface area contributed by atoms with E-state index in [1.54, 1.807) is 11.3 Å². The van der Waals surface area contributed by atoms with E-state index in [1.165, 1.54) is 30.6 Å². The van der Waals surface area contributed by atoms with Crippen molar-refractivity contribution >= 4 is 11.3 Å². The fraction of sp³-hybridized carbons (Fsp3) is 0.600. The first-order valence-electron chi connectivity index (χ1n) is 4.55. The second kappa shape index (κ2) is 5.33. The molecule has 0 unspecified atom stereocenters. The highest BCUT2D eigenvalue weighted by Crippen LogP contribution is 2.18. The lowest BCUT2D eigenvalue weighted by molar-refractivity contribution is 0.285. The van der Waals surface area contributed by atoms with Crippen LogP contribution in [0.25, 0.3) is 0 Å². The van der Waals surface area contributed by atoms with Crippen LogP contribution in [-0.2, 0) is 13.0 Å². The minimum absolute atomic E-state index is 0.193. The van der Waals surface area contributed by atoms with Crippen molar-refractivity contribution in [2.45, 2.75) is 39.2 Å². The zero-order valence-corrected chi connectivity index (χ0v) is 8.36. The van der Waals surface area contributed by atoms with Crippen molar-refractivity contribution in [3.8, 4) is 0 Å². The maximum Gasteiger partial charge on any atom is 0.0774 e. The Kier molecular flexibility index (Phi) is 4.33. The van der Waals surface area contributed by atoms with Crippen LogP contribution in [0.5, 0.6) is 0 Å². The Labute approximate surface area is 78.1 Å². The molecule has 0 aliphatic heterocycles. The summed E-state index contributed by atoms with van der Waals surface area (Å²) < 4.78 is 0. The van der Waals surface area contributed by atoms with Gasteiger partial charge in [-0.2, -0.15) is 0 Å². The smallest absolute Gasteiger partial charge is 0.0774 e. The minimum Gasteiger partial charge on any atom is -0.391 e. The van der Waals surface area contributed by atoms with E-state index in [-0.39, 0.29) is 6.61 Å². The number of unbranched alkanes of at least 4 members (excludes halogenated alkanes) is 2. The highest BCUT2D eigenvalue weighted by atomic mass is 32.1. The first-order valence-corrected chi connectivity index (χ1v) is 5.37. The molecule has 1 heterocycles. The van der Waals surface area contributed by atoms with Gasteiger partial charge in [-0.3, -0.25) is 0 Å². The van der Waals surface area contributed by atoms with Gasteiger partial charge in [0, 0.05) is 9.75 Å². The highest BCUT2D eigenvalue weighted by Gasteiger charge is 1.97. The lowest BCUT2D eigenvalue weighted by Gasteiger charge is -1.94. The Morgan fingerprint density at radius 1 is 1.25 bits per heavy atom. The third kappa shape index (κ3) is 2.95. The van der Waals surface area contributed by atoms with E-state index >= 15 is 0 Å². The van der Waals surface area contributed by atoms with Crippen LogP contribution in [0.3, 0.4) is 0 Å². The van der Waals surface area contributed by atoms with Gasteiger partial charge in [0.25, 0.3) is 0 Å². The Bertz CT molecular complexity index is 217. The van der Waals surface area contributed by atoms with E-state index in [2.05, 4.69) is 13.0 Å². The summed E-state index contributed by atoms with van der Waals surface area (Å²) >= 11 is 1.73. The number of hydrogen-bond donors (Lipinski definition) is 1. The molecule has 0 aromatic carbocycles. The van der Waals surface area contributed by atoms with E-state index in [0.717, 1.165) is 4.88 Å². The van der Waals surface area contributed by atoms with Gasteiger partial charge in [0.1, 0.15) is 0 Å². The molecule has 0 amide bonds. The molecular formula is C10H16OS. The van der Waals surface area contributed by atoms with E-state index in [0.29, 0.717) is 0 Å². The Hall–Kier alpha value is -0.340. The molecule has 68 valence electrons. The third-order valence-corrected chi connectivity index (χ3v) is 3.03. The summed E-state index contributed by atoms with van der Waals surface area (Å²) in [6.45, 7) is 2.41. The van der Waals surface area contributed by atoms with E-state index in [4.69, 9.17) is 5.11 Å². The summed E-state index contributed by atoms with van der Waals surface area (Å²) in [4.78, 5) is 2.49. The predicted octanol–water partition coefficient (Wildman–Crippen LogP) is 2.97. The zero-order chi connectivity index (χ0) is 8.81. The Balaban J connectivity index is 2.31. The molecule has 1 aromatic heterocycles. The predicted molar refractivity (Wildman–Crippen MR) is 53.5 cm³/mol. The van der Waals surface area contributed by atoms with Gasteiger partial charge in [-0.25, -0.2) is 0 Å². The Morgan fingerprint density at radius 3 is 2.58 bits per heavy atom. The summed E-state index contributed by atoms with van der Waals surface area (Å²) in [7, 11) is 0. The molecule has 0 atom stereocenters. The van der Waals surface area contributed by atoms with Gasteiger partial charge in [-0.05, 0) is 25.0 Å². The molecule has 1 N–H and O–H groups in total. The second-order valence-electron chi connectivity index (χ2n) is 2.98. The van der Waals surface area contributed by atoms with Crippen molar-refractivity contribution in [1.82, 2.24) is 0 Å². The number of aliphatic hydroxyl groups is 1. The van der Waals surface area contributed by atoms with Crippen molar-refractivity contribution in [2.75, 3.05) is 0 Å². The minimum atomic E-state index is 0.193. The number of thiophene rings is 1. The van der Waals surface area contributed by atoms with Crippen LogP contribution >= 0.6 is 11.3 Å². The molecule has 1 nitrogen and oxygen atoms in total. The van der Waals surface area contributed by atoms with Crippen molar-refractivity contribution < 1.29 is 5.11 Å². The quantitative estimate of drug-likeness (QED) is 0.697. The SMILES string of the molecule is CCCCCc1ccc(CO)s1. The summed E-state index contributed by atoms with van der Waals surface area (Å²) in [6, 6.07) is 4.15. The molecule has 0 fully saturated rings. The fourth-order valence-corrected chi connectivity index (χ4v) is 2.11. The van der Waals surface area contributed by atoms with Crippen molar-refractivity contribution in [3.05, 3.63) is 21.9 Å². The molecule has 0 radical (unpaired) electrons. The summed E-state index contributed by atoms with van der Waals surface area (Å²) in [6.07, 6.45) is 5.05. The van der Waals surface area contributed by atoms with Gasteiger partial charge in [-0.1, -0.05) is 19.8 Å². The average Bonchev–Trinajstić information content (AvgIpc) is 2.53. The van der Waals surface area contributed by atoms with Crippen LogP contribution in [0.2, 0.25) is 0 Å². The van der Waals surface area contributed by atoms with Crippen LogP contribution in [-0.4, -0.2) is 5.11 Å². The highest BCUT2D eigenvalue weighted by molar-refractivity contribution is 7.11. The van der Waals surface area contributed by atoms with Crippen LogP contribution < -0.4 is 0 Å². The number of rotatable bonds is 5. The van der Waals surface area contributed by atoms with Crippen molar-refractivity contribution in [3.63, 3.8) is 0 Å². The van der Waals surface area contributed by atoms with Crippen LogP contribution in [0.4, 0.5) is 0 Å². The van der Waals surface area contributed by atoms with Gasteiger partial charge >= 0.3 is 0 Å². The molecular weight excluding hydrogens is 168 g/mol. The van der Waals surface area contributed by atoms with Gasteiger partial charge in [0.05, 0.1) is 6.61 Å². The first kappa shape index (κ1) is 9.75. The van der Waals surface area contributed by atoms with Crippen molar-refractivity contribution in [2.24, 2.45) is 0 Å². The van der Waals surface area contributed by atoms with E-state index in [9.17, 15) is 0 Å². The van der Waals surface area contributed by atoms with Crippen LogP contribution in [0, 0.1) is 0 Å². The summed E-state index contributed by atoms with van der Waals surface area (Å²) in [5, 5.41) is 8.83. The number of hydrogen-bond acceptors (Lipinski definition) is 2. The van der Waals surface area contributed by atoms with E-state index < -0.39 is 0 Å². The maximum absolute atomic E-state index is 8.83. The largest absolute Gasteiger partial charge is 0.391 e. The molecule has 1 rings (SSSR count). The molecule has 2 heteroatoms. The molecule has 0 saturated heterocycles. The van der Waals surface area contributed by atoms with Gasteiger partial charge < -0.3 is 5.11 Å². The van der Waals surface area contributed by atoms with E-state index in [1.807, 2.05) is 6.07 Å². The molecule has 12 heavy (non-hydrogen) atoms. The molecule has 0 aliphatic rings. The topological polar surface area (TPSA) is 20.2 Å². The summed E-state index contributed by atoms with van der Waals surface area (Å²) in [5.41, 5.74) is 0. The lowest BCUT2D eigenvalue weighted by atomic mass is 10.2. The second-order valence-corrected chi connectivity index (χ2v) is 4.24. The lowest BCUT2D eigenvalue weighted by Crippen LogP contribution is -1.79. The molecule has 1 aromatic rings. The zero-order valence-electron chi connectivity index (χ0n) is 7.55. The van der Waals surface area contributed by atoms with Gasteiger partial charge in [0.2, 0.25) is 0 Å². The summed E-state index contributed by atoms with van der Waals surface area (Å²) in [5.74, 6) is 0. The maximum atomic E-state index is 8.83. The normalized spacial score (nSPS) is 10.5. The molecule has 0 bridgehead atoms. The molecule has 0 spiro atoms.